The van der Waals surface area contributed by atoms with Crippen molar-refractivity contribution in [3.8, 4) is 0 Å². The zero-order valence-corrected chi connectivity index (χ0v) is 13.6. The summed E-state index contributed by atoms with van der Waals surface area (Å²) in [5.74, 6) is -0.299. The number of aromatic nitrogens is 2. The predicted molar refractivity (Wildman–Crippen MR) is 84.1 cm³/mol. The Morgan fingerprint density at radius 2 is 2.05 bits per heavy atom. The molecule has 3 nitrogen and oxygen atoms in total. The van der Waals surface area contributed by atoms with Gasteiger partial charge in [-0.15, -0.1) is 0 Å². The van der Waals surface area contributed by atoms with E-state index in [1.165, 1.54) is 6.07 Å². The summed E-state index contributed by atoms with van der Waals surface area (Å²) in [6.07, 6.45) is 1.82. The van der Waals surface area contributed by atoms with Crippen molar-refractivity contribution < 1.29 is 4.39 Å². The van der Waals surface area contributed by atoms with Crippen LogP contribution < -0.4 is 5.32 Å². The molecule has 1 heterocycles. The number of nitrogens with one attached hydrogen (secondary N) is 1. The fraction of sp³-hybridized carbons (Fsp3) is 0.438. The highest BCUT2D eigenvalue weighted by Gasteiger charge is 2.14. The molecular weight excluding hydrogens is 289 g/mol. The molecule has 1 N–H and O–H groups in total. The van der Waals surface area contributed by atoms with Gasteiger partial charge in [0.15, 0.2) is 0 Å². The molecule has 0 aliphatic heterocycles. The second kappa shape index (κ2) is 6.16. The number of benzene rings is 1. The molecule has 114 valence electrons. The van der Waals surface area contributed by atoms with Crippen LogP contribution in [-0.4, -0.2) is 15.3 Å². The molecule has 0 radical (unpaired) electrons. The first-order valence-corrected chi connectivity index (χ1v) is 7.35. The van der Waals surface area contributed by atoms with Gasteiger partial charge in [0, 0.05) is 33.9 Å². The summed E-state index contributed by atoms with van der Waals surface area (Å²) < 4.78 is 15.6. The maximum atomic E-state index is 13.8. The largest absolute Gasteiger partial charge is 0.308 e. The van der Waals surface area contributed by atoms with Crippen LogP contribution in [0.3, 0.4) is 0 Å². The molecule has 2 rings (SSSR count). The monoisotopic (exact) mass is 309 g/mol. The Hall–Kier alpha value is -1.39. The van der Waals surface area contributed by atoms with E-state index in [0.29, 0.717) is 17.1 Å². The van der Waals surface area contributed by atoms with E-state index in [9.17, 15) is 4.39 Å². The first-order valence-electron chi connectivity index (χ1n) is 6.97. The average molecular weight is 310 g/mol. The van der Waals surface area contributed by atoms with Gasteiger partial charge >= 0.3 is 0 Å². The van der Waals surface area contributed by atoms with E-state index in [0.717, 1.165) is 17.8 Å². The number of rotatable bonds is 4. The molecule has 0 atom stereocenters. The summed E-state index contributed by atoms with van der Waals surface area (Å²) in [4.78, 5) is 0. The summed E-state index contributed by atoms with van der Waals surface area (Å²) in [6, 6.07) is 4.72. The smallest absolute Gasteiger partial charge is 0.129 e. The van der Waals surface area contributed by atoms with Crippen LogP contribution in [0.1, 0.15) is 37.6 Å². The molecule has 0 fully saturated rings. The lowest BCUT2D eigenvalue weighted by atomic mass is 10.1. The Morgan fingerprint density at radius 3 is 2.67 bits per heavy atom. The molecule has 0 aliphatic rings. The van der Waals surface area contributed by atoms with Gasteiger partial charge in [-0.2, -0.15) is 5.10 Å². The van der Waals surface area contributed by atoms with Crippen LogP contribution >= 0.6 is 11.6 Å². The molecule has 1 aromatic heterocycles. The van der Waals surface area contributed by atoms with Gasteiger partial charge in [0.1, 0.15) is 5.82 Å². The van der Waals surface area contributed by atoms with Crippen molar-refractivity contribution in [1.29, 1.82) is 0 Å². The molecular formula is C16H21ClFN3. The number of hydrogen-bond acceptors (Lipinski definition) is 2. The van der Waals surface area contributed by atoms with Crippen LogP contribution in [0.25, 0.3) is 0 Å². The van der Waals surface area contributed by atoms with Crippen molar-refractivity contribution in [3.63, 3.8) is 0 Å². The Bertz CT molecular complexity index is 609. The van der Waals surface area contributed by atoms with E-state index in [1.54, 1.807) is 16.8 Å². The molecule has 21 heavy (non-hydrogen) atoms. The van der Waals surface area contributed by atoms with E-state index in [-0.39, 0.29) is 11.4 Å². The minimum atomic E-state index is -0.299. The first-order chi connectivity index (χ1) is 9.78. The Labute approximate surface area is 130 Å². The van der Waals surface area contributed by atoms with E-state index in [4.69, 9.17) is 11.6 Å². The molecule has 0 bridgehead atoms. The Morgan fingerprint density at radius 1 is 1.33 bits per heavy atom. The second-order valence-electron chi connectivity index (χ2n) is 6.22. The third kappa shape index (κ3) is 4.05. The first kappa shape index (κ1) is 16.0. The molecule has 0 aliphatic carbocycles. The van der Waals surface area contributed by atoms with Gasteiger partial charge in [0.2, 0.25) is 0 Å². The van der Waals surface area contributed by atoms with Crippen molar-refractivity contribution in [1.82, 2.24) is 15.1 Å². The minimum absolute atomic E-state index is 0.0450. The fourth-order valence-electron chi connectivity index (χ4n) is 2.01. The van der Waals surface area contributed by atoms with Crippen LogP contribution in [0.15, 0.2) is 24.4 Å². The van der Waals surface area contributed by atoms with E-state index < -0.39 is 0 Å². The van der Waals surface area contributed by atoms with Gasteiger partial charge in [-0.05, 0) is 39.8 Å². The zero-order chi connectivity index (χ0) is 15.6. The fourth-order valence-corrected chi connectivity index (χ4v) is 2.23. The van der Waals surface area contributed by atoms with E-state index >= 15 is 0 Å². The third-order valence-corrected chi connectivity index (χ3v) is 3.74. The lowest BCUT2D eigenvalue weighted by Crippen LogP contribution is -2.35. The van der Waals surface area contributed by atoms with Crippen LogP contribution in [-0.2, 0) is 13.1 Å². The summed E-state index contributed by atoms with van der Waals surface area (Å²) in [7, 11) is 0. The van der Waals surface area contributed by atoms with Crippen molar-refractivity contribution >= 4 is 11.6 Å². The minimum Gasteiger partial charge on any atom is -0.308 e. The summed E-state index contributed by atoms with van der Waals surface area (Å²) in [6.45, 7) is 9.41. The van der Waals surface area contributed by atoms with Crippen LogP contribution in [0, 0.1) is 12.7 Å². The standard InChI is InChI=1S/C16H21ClFN3/c1-11-12(8-19-16(2,3)4)9-20-21(11)10-13-14(17)6-5-7-15(13)18/h5-7,9,19H,8,10H2,1-4H3. The van der Waals surface area contributed by atoms with Gasteiger partial charge in [0.25, 0.3) is 0 Å². The molecule has 2 aromatic rings. The topological polar surface area (TPSA) is 29.9 Å². The molecule has 0 saturated carbocycles. The van der Waals surface area contributed by atoms with Crippen molar-refractivity contribution in [3.05, 3.63) is 52.1 Å². The summed E-state index contributed by atoms with van der Waals surface area (Å²) >= 11 is 6.07. The molecule has 0 unspecified atom stereocenters. The van der Waals surface area contributed by atoms with Gasteiger partial charge in [-0.3, -0.25) is 4.68 Å². The predicted octanol–water partition coefficient (Wildman–Crippen LogP) is 3.92. The van der Waals surface area contributed by atoms with Crippen LogP contribution in [0.4, 0.5) is 4.39 Å². The molecule has 0 spiro atoms. The van der Waals surface area contributed by atoms with Gasteiger partial charge in [0.05, 0.1) is 12.7 Å². The van der Waals surface area contributed by atoms with Crippen molar-refractivity contribution in [2.75, 3.05) is 0 Å². The highest BCUT2D eigenvalue weighted by Crippen LogP contribution is 2.21. The Kier molecular flexibility index (Phi) is 4.69. The second-order valence-corrected chi connectivity index (χ2v) is 6.62. The maximum absolute atomic E-state index is 13.8. The number of nitrogens with zero attached hydrogens (tertiary/aromatic N) is 2. The number of halogens is 2. The SMILES string of the molecule is Cc1c(CNC(C)(C)C)cnn1Cc1c(F)cccc1Cl. The molecule has 0 saturated heterocycles. The number of hydrogen-bond donors (Lipinski definition) is 1. The zero-order valence-electron chi connectivity index (χ0n) is 12.9. The maximum Gasteiger partial charge on any atom is 0.129 e. The van der Waals surface area contributed by atoms with E-state index in [2.05, 4.69) is 31.2 Å². The molecule has 5 heteroatoms. The van der Waals surface area contributed by atoms with Gasteiger partial charge in [-0.25, -0.2) is 4.39 Å². The highest BCUT2D eigenvalue weighted by molar-refractivity contribution is 6.31. The normalized spacial score (nSPS) is 11.9. The summed E-state index contributed by atoms with van der Waals surface area (Å²) in [5.41, 5.74) is 2.65. The highest BCUT2D eigenvalue weighted by atomic mass is 35.5. The molecule has 0 amide bonds. The quantitative estimate of drug-likeness (QED) is 0.927. The van der Waals surface area contributed by atoms with E-state index in [1.807, 2.05) is 13.1 Å². The lowest BCUT2D eigenvalue weighted by Gasteiger charge is -2.20. The Balaban J connectivity index is 2.17. The average Bonchev–Trinajstić information content (AvgIpc) is 2.72. The molecule has 1 aromatic carbocycles. The van der Waals surface area contributed by atoms with Crippen molar-refractivity contribution in [2.24, 2.45) is 0 Å². The van der Waals surface area contributed by atoms with Crippen LogP contribution in [0.2, 0.25) is 5.02 Å². The van der Waals surface area contributed by atoms with Gasteiger partial charge < -0.3 is 5.32 Å². The van der Waals surface area contributed by atoms with Crippen molar-refractivity contribution in [2.45, 2.75) is 46.3 Å². The summed E-state index contributed by atoms with van der Waals surface area (Å²) in [5, 5.41) is 8.20. The van der Waals surface area contributed by atoms with Gasteiger partial charge in [-0.1, -0.05) is 17.7 Å². The third-order valence-electron chi connectivity index (χ3n) is 3.38. The van der Waals surface area contributed by atoms with Crippen LogP contribution in [0.5, 0.6) is 0 Å². The lowest BCUT2D eigenvalue weighted by molar-refractivity contribution is 0.423.